The van der Waals surface area contributed by atoms with Crippen LogP contribution in [0.25, 0.3) is 22.5 Å². The molecule has 0 saturated heterocycles. The number of furan rings is 1. The molecule has 0 unspecified atom stereocenters. The summed E-state index contributed by atoms with van der Waals surface area (Å²) in [5.41, 5.74) is 7.15. The van der Waals surface area contributed by atoms with E-state index >= 15 is 0 Å². The van der Waals surface area contributed by atoms with Gasteiger partial charge in [-0.15, -0.1) is 0 Å². The lowest BCUT2D eigenvalue weighted by Crippen LogP contribution is -1.95. The van der Waals surface area contributed by atoms with E-state index in [-0.39, 0.29) is 5.88 Å². The molecule has 1 aromatic heterocycles. The Morgan fingerprint density at radius 1 is 0.816 bits per heavy atom. The van der Waals surface area contributed by atoms with Gasteiger partial charge in [-0.1, -0.05) is 83.4 Å². The highest BCUT2D eigenvalue weighted by molar-refractivity contribution is 6.30. The molecule has 5 rings (SSSR count). The van der Waals surface area contributed by atoms with E-state index in [0.29, 0.717) is 23.0 Å². The van der Waals surface area contributed by atoms with Crippen molar-refractivity contribution in [1.29, 1.82) is 5.26 Å². The number of nitrogens with zero attached hydrogens (tertiary/aromatic N) is 2. The van der Waals surface area contributed by atoms with Crippen LogP contribution in [0.4, 0.5) is 5.88 Å². The molecule has 0 saturated carbocycles. The quantitative estimate of drug-likeness (QED) is 0.203. The van der Waals surface area contributed by atoms with Crippen molar-refractivity contribution in [3.63, 3.8) is 0 Å². The van der Waals surface area contributed by atoms with Crippen LogP contribution in [0.3, 0.4) is 0 Å². The molecule has 0 amide bonds. The Bertz CT molecular complexity index is 1610. The van der Waals surface area contributed by atoms with Gasteiger partial charge in [-0.2, -0.15) is 5.26 Å². The highest BCUT2D eigenvalue weighted by atomic mass is 35.5. The first kappa shape index (κ1) is 25.1. The summed E-state index contributed by atoms with van der Waals surface area (Å²) in [6.45, 7) is 4.53. The molecule has 0 spiro atoms. The minimum absolute atomic E-state index is 0.279. The molecule has 4 nitrogen and oxygen atoms in total. The summed E-state index contributed by atoms with van der Waals surface area (Å²) in [5.74, 6) is 1.65. The van der Waals surface area contributed by atoms with Gasteiger partial charge >= 0.3 is 0 Å². The van der Waals surface area contributed by atoms with Crippen LogP contribution in [0, 0.1) is 25.2 Å². The molecule has 38 heavy (non-hydrogen) atoms. The number of nitriles is 1. The average molecular weight is 517 g/mol. The van der Waals surface area contributed by atoms with Crippen molar-refractivity contribution in [1.82, 2.24) is 0 Å². The Hall–Kier alpha value is -4.59. The minimum Gasteiger partial charge on any atom is -0.489 e. The van der Waals surface area contributed by atoms with Crippen LogP contribution in [-0.2, 0) is 6.61 Å². The maximum absolute atomic E-state index is 10.1. The fraction of sp³-hybridized carbons (Fsp3) is 0.0909. The van der Waals surface area contributed by atoms with E-state index in [4.69, 9.17) is 20.8 Å². The Labute approximate surface area is 227 Å². The number of ether oxygens (including phenoxy) is 1. The molecule has 0 bridgehead atoms. The molecule has 186 valence electrons. The van der Waals surface area contributed by atoms with Crippen molar-refractivity contribution in [3.8, 4) is 34.3 Å². The van der Waals surface area contributed by atoms with E-state index in [0.717, 1.165) is 44.7 Å². The Kier molecular flexibility index (Phi) is 7.40. The molecule has 0 aliphatic carbocycles. The van der Waals surface area contributed by atoms with E-state index in [9.17, 15) is 5.26 Å². The second-order valence-corrected chi connectivity index (χ2v) is 9.51. The number of benzene rings is 4. The smallest absolute Gasteiger partial charge is 0.238 e. The summed E-state index contributed by atoms with van der Waals surface area (Å²) in [5, 5.41) is 10.8. The van der Waals surface area contributed by atoms with Crippen molar-refractivity contribution in [2.24, 2.45) is 4.99 Å². The van der Waals surface area contributed by atoms with Crippen molar-refractivity contribution < 1.29 is 9.15 Å². The monoisotopic (exact) mass is 516 g/mol. The third kappa shape index (κ3) is 5.70. The second-order valence-electron chi connectivity index (χ2n) is 9.07. The predicted molar refractivity (Wildman–Crippen MR) is 153 cm³/mol. The predicted octanol–water partition coefficient (Wildman–Crippen LogP) is 9.09. The van der Waals surface area contributed by atoms with Gasteiger partial charge in [0.25, 0.3) is 0 Å². The Morgan fingerprint density at radius 2 is 1.42 bits per heavy atom. The van der Waals surface area contributed by atoms with Crippen LogP contribution in [0.5, 0.6) is 5.75 Å². The van der Waals surface area contributed by atoms with Crippen LogP contribution in [0.2, 0.25) is 5.02 Å². The molecule has 0 radical (unpaired) electrons. The van der Waals surface area contributed by atoms with Crippen LogP contribution < -0.4 is 4.74 Å². The summed E-state index contributed by atoms with van der Waals surface area (Å²) in [6.07, 6.45) is 1.69. The topological polar surface area (TPSA) is 58.5 Å². The maximum atomic E-state index is 10.1. The van der Waals surface area contributed by atoms with Gasteiger partial charge in [-0.3, -0.25) is 0 Å². The van der Waals surface area contributed by atoms with Gasteiger partial charge in [0, 0.05) is 22.4 Å². The number of hydrogen-bond donors (Lipinski definition) is 0. The zero-order valence-corrected chi connectivity index (χ0v) is 21.9. The zero-order chi connectivity index (χ0) is 26.5. The number of halogens is 1. The van der Waals surface area contributed by atoms with Gasteiger partial charge in [0.1, 0.15) is 29.7 Å². The summed E-state index contributed by atoms with van der Waals surface area (Å²) in [7, 11) is 0. The fourth-order valence-corrected chi connectivity index (χ4v) is 4.17. The number of aryl methyl sites for hydroxylation is 2. The molecule has 5 heteroatoms. The third-order valence-electron chi connectivity index (χ3n) is 6.19. The van der Waals surface area contributed by atoms with Crippen molar-refractivity contribution in [2.45, 2.75) is 20.5 Å². The van der Waals surface area contributed by atoms with E-state index in [1.54, 1.807) is 6.21 Å². The van der Waals surface area contributed by atoms with Gasteiger partial charge in [0.15, 0.2) is 0 Å². The summed E-state index contributed by atoms with van der Waals surface area (Å²) in [6, 6.07) is 33.6. The molecule has 0 aliphatic rings. The molecule has 0 atom stereocenters. The van der Waals surface area contributed by atoms with Gasteiger partial charge in [-0.25, -0.2) is 4.99 Å². The minimum atomic E-state index is 0.279. The lowest BCUT2D eigenvalue weighted by molar-refractivity contribution is 0.306. The van der Waals surface area contributed by atoms with Crippen LogP contribution >= 0.6 is 11.6 Å². The lowest BCUT2D eigenvalue weighted by Gasteiger charge is -2.06. The highest BCUT2D eigenvalue weighted by Gasteiger charge is 2.22. The average Bonchev–Trinajstić information content (AvgIpc) is 3.31. The summed E-state index contributed by atoms with van der Waals surface area (Å²) >= 11 is 5.95. The SMILES string of the molecule is Cc1ccc(-c2oc(N=Cc3ccc(OCc4ccc(Cl)cc4)cc3)c(C#N)c2-c2ccc(C)cc2)cc1. The normalized spacial score (nSPS) is 11.0. The van der Waals surface area contributed by atoms with Gasteiger partial charge in [-0.05, 0) is 66.9 Å². The van der Waals surface area contributed by atoms with Crippen LogP contribution in [0.1, 0.15) is 27.8 Å². The molecular formula is C33H25ClN2O2. The van der Waals surface area contributed by atoms with Gasteiger partial charge in [0.2, 0.25) is 5.88 Å². The maximum Gasteiger partial charge on any atom is 0.238 e. The first-order chi connectivity index (χ1) is 18.5. The molecular weight excluding hydrogens is 492 g/mol. The molecule has 5 aromatic rings. The van der Waals surface area contributed by atoms with E-state index in [2.05, 4.69) is 11.1 Å². The Balaban J connectivity index is 1.42. The van der Waals surface area contributed by atoms with Crippen LogP contribution in [-0.4, -0.2) is 6.21 Å². The molecule has 1 heterocycles. The second kappa shape index (κ2) is 11.2. The third-order valence-corrected chi connectivity index (χ3v) is 6.44. The lowest BCUT2D eigenvalue weighted by atomic mass is 9.97. The van der Waals surface area contributed by atoms with Crippen molar-refractivity contribution in [2.75, 3.05) is 0 Å². The first-order valence-electron chi connectivity index (χ1n) is 12.2. The standard InChI is InChI=1S/C33H25ClN2O2/c1-22-3-11-26(12-4-22)31-30(19-35)33(38-32(31)27-13-5-23(2)6-14-27)36-20-24-9-17-29(18-10-24)37-21-25-7-15-28(34)16-8-25/h3-18,20H,21H2,1-2H3. The van der Waals surface area contributed by atoms with Crippen molar-refractivity contribution >= 4 is 23.7 Å². The van der Waals surface area contributed by atoms with E-state index < -0.39 is 0 Å². The number of aliphatic imine (C=N–C) groups is 1. The molecule has 0 N–H and O–H groups in total. The molecule has 4 aromatic carbocycles. The first-order valence-corrected chi connectivity index (χ1v) is 12.6. The number of hydrogen-bond acceptors (Lipinski definition) is 4. The fourth-order valence-electron chi connectivity index (χ4n) is 4.05. The molecule has 0 fully saturated rings. The van der Waals surface area contributed by atoms with Crippen molar-refractivity contribution in [3.05, 3.63) is 130 Å². The van der Waals surface area contributed by atoms with Gasteiger partial charge in [0.05, 0.1) is 0 Å². The molecule has 0 aliphatic heterocycles. The van der Waals surface area contributed by atoms with Gasteiger partial charge < -0.3 is 9.15 Å². The van der Waals surface area contributed by atoms with E-state index in [1.807, 2.05) is 111 Å². The summed E-state index contributed by atoms with van der Waals surface area (Å²) < 4.78 is 12.1. The number of rotatable bonds is 7. The zero-order valence-electron chi connectivity index (χ0n) is 21.1. The summed E-state index contributed by atoms with van der Waals surface area (Å²) in [4.78, 5) is 4.58. The Morgan fingerprint density at radius 3 is 2.03 bits per heavy atom. The van der Waals surface area contributed by atoms with E-state index in [1.165, 1.54) is 0 Å². The highest BCUT2D eigenvalue weighted by Crippen LogP contribution is 2.42. The van der Waals surface area contributed by atoms with Crippen LogP contribution in [0.15, 0.2) is 106 Å². The largest absolute Gasteiger partial charge is 0.489 e.